The molecule has 3 nitrogen and oxygen atoms in total. The summed E-state index contributed by atoms with van der Waals surface area (Å²) < 4.78 is 0. The Morgan fingerprint density at radius 3 is 1.50 bits per heavy atom. The number of nitrogens with zero attached hydrogens (tertiary/aromatic N) is 2. The molecule has 0 aliphatic rings. The number of hydrogen-bond acceptors (Lipinski definition) is 2. The van der Waals surface area contributed by atoms with Crippen molar-refractivity contribution in [2.24, 2.45) is 0 Å². The molecule has 0 aromatic heterocycles. The minimum atomic E-state index is -0.0447. The Hall–Kier alpha value is -1.85. The molecule has 32 heavy (non-hydrogen) atoms. The maximum absolute atomic E-state index is 13.3. The molecule has 3 aromatic rings. The quantitative estimate of drug-likeness (QED) is 0.371. The Bertz CT molecular complexity index is 875. The first-order valence-electron chi connectivity index (χ1n) is 10.5. The summed E-state index contributed by atoms with van der Waals surface area (Å²) in [5, 5.41) is 18.0. The van der Waals surface area contributed by atoms with Gasteiger partial charge in [-0.3, -0.25) is 0 Å². The summed E-state index contributed by atoms with van der Waals surface area (Å²) in [6, 6.07) is 30.5. The predicted molar refractivity (Wildman–Crippen MR) is 123 cm³/mol. The van der Waals surface area contributed by atoms with E-state index in [1.54, 1.807) is 6.08 Å². The van der Waals surface area contributed by atoms with Gasteiger partial charge in [0.15, 0.2) is 0 Å². The maximum atomic E-state index is 13.3. The standard InChI is InChI=1S/C27H31N2O.2Li/c1-21(24-13-7-4-8-14-24)28-20-19-27(30)29(22(2)25-15-9-5-10-16-25)23(3)26-17-11-6-12-18-26;;/h4-19,21-23,30H,20H2,1-3H3;;/q-1;2*+1/p-1/b27-19-;;/t21-,22+,23+;;/m0../s1. The van der Waals surface area contributed by atoms with Gasteiger partial charge in [-0.05, 0) is 30.9 Å². The third kappa shape index (κ3) is 7.63. The van der Waals surface area contributed by atoms with Gasteiger partial charge in [-0.25, -0.2) is 0 Å². The van der Waals surface area contributed by atoms with E-state index in [-0.39, 0.29) is 61.7 Å². The molecule has 156 valence electrons. The van der Waals surface area contributed by atoms with Crippen LogP contribution < -0.4 is 42.8 Å². The molecule has 3 atom stereocenters. The summed E-state index contributed by atoms with van der Waals surface area (Å²) in [6.45, 7) is 6.63. The summed E-state index contributed by atoms with van der Waals surface area (Å²) in [6.07, 6.45) is 1.71. The fourth-order valence-corrected chi connectivity index (χ4v) is 3.73. The smallest absolute Gasteiger partial charge is 0.861 e. The van der Waals surface area contributed by atoms with Gasteiger partial charge in [0.05, 0.1) is 12.1 Å². The first-order valence-corrected chi connectivity index (χ1v) is 10.5. The van der Waals surface area contributed by atoms with Crippen LogP contribution in [0.2, 0.25) is 0 Å². The minimum absolute atomic E-state index is 0. The largest absolute Gasteiger partial charge is 1.00 e. The van der Waals surface area contributed by atoms with E-state index >= 15 is 0 Å². The van der Waals surface area contributed by atoms with Crippen molar-refractivity contribution in [2.75, 3.05) is 6.54 Å². The Labute approximate surface area is 217 Å². The molecule has 0 bridgehead atoms. The number of rotatable bonds is 9. The van der Waals surface area contributed by atoms with Crippen LogP contribution in [-0.4, -0.2) is 11.4 Å². The van der Waals surface area contributed by atoms with E-state index in [1.807, 2.05) is 59.5 Å². The molecule has 0 aliphatic heterocycles. The SMILES string of the molecule is C[C@H]([N-]C/C=C(\[O-])N([C@H](C)c1ccccc1)[C@H](C)c1ccccc1)c1ccccc1.[Li+].[Li+]. The minimum Gasteiger partial charge on any atom is -0.861 e. The fourth-order valence-electron chi connectivity index (χ4n) is 3.73. The summed E-state index contributed by atoms with van der Waals surface area (Å²) in [5.74, 6) is 0.00622. The summed E-state index contributed by atoms with van der Waals surface area (Å²) in [5.41, 5.74) is 3.40. The average Bonchev–Trinajstić information content (AvgIpc) is 2.80. The predicted octanol–water partition coefficient (Wildman–Crippen LogP) is 0.155. The van der Waals surface area contributed by atoms with Crippen LogP contribution in [0.3, 0.4) is 0 Å². The normalized spacial score (nSPS) is 13.8. The van der Waals surface area contributed by atoms with Crippen LogP contribution in [0.1, 0.15) is 55.6 Å². The van der Waals surface area contributed by atoms with Crippen LogP contribution in [0.15, 0.2) is 103 Å². The second kappa shape index (κ2) is 14.3. The molecule has 0 fully saturated rings. The molecule has 0 N–H and O–H groups in total. The molecule has 0 unspecified atom stereocenters. The van der Waals surface area contributed by atoms with Gasteiger partial charge in [0.1, 0.15) is 0 Å². The molecule has 0 amide bonds. The van der Waals surface area contributed by atoms with Gasteiger partial charge in [0.2, 0.25) is 0 Å². The van der Waals surface area contributed by atoms with Crippen LogP contribution in [0.5, 0.6) is 0 Å². The van der Waals surface area contributed by atoms with Crippen molar-refractivity contribution >= 4 is 0 Å². The van der Waals surface area contributed by atoms with Crippen molar-refractivity contribution in [2.45, 2.75) is 38.9 Å². The first kappa shape index (κ1) is 28.2. The van der Waals surface area contributed by atoms with Crippen molar-refractivity contribution in [3.05, 3.63) is 125 Å². The van der Waals surface area contributed by atoms with Gasteiger partial charge >= 0.3 is 37.7 Å². The van der Waals surface area contributed by atoms with E-state index in [1.165, 1.54) is 0 Å². The van der Waals surface area contributed by atoms with E-state index in [4.69, 9.17) is 0 Å². The van der Waals surface area contributed by atoms with Gasteiger partial charge in [-0.2, -0.15) is 0 Å². The Morgan fingerprint density at radius 1 is 0.719 bits per heavy atom. The molecule has 0 saturated heterocycles. The molecule has 3 rings (SSSR count). The van der Waals surface area contributed by atoms with Gasteiger partial charge in [-0.15, -0.1) is 12.6 Å². The molecule has 0 spiro atoms. The zero-order valence-corrected chi connectivity index (χ0v) is 20.0. The average molecular weight is 412 g/mol. The molecule has 0 saturated carbocycles. The van der Waals surface area contributed by atoms with Crippen molar-refractivity contribution in [1.82, 2.24) is 4.90 Å². The van der Waals surface area contributed by atoms with E-state index in [2.05, 4.69) is 62.5 Å². The third-order valence-electron chi connectivity index (χ3n) is 5.58. The molecule has 3 aromatic carbocycles. The zero-order chi connectivity index (χ0) is 21.3. The van der Waals surface area contributed by atoms with Crippen molar-refractivity contribution in [3.63, 3.8) is 0 Å². The van der Waals surface area contributed by atoms with E-state index < -0.39 is 0 Å². The van der Waals surface area contributed by atoms with Crippen molar-refractivity contribution in [1.29, 1.82) is 0 Å². The van der Waals surface area contributed by atoms with Gasteiger partial charge in [0.25, 0.3) is 0 Å². The van der Waals surface area contributed by atoms with Crippen LogP contribution in [-0.2, 0) is 0 Å². The van der Waals surface area contributed by atoms with Gasteiger partial charge < -0.3 is 15.3 Å². The summed E-state index contributed by atoms with van der Waals surface area (Å²) >= 11 is 0. The Kier molecular flexibility index (Phi) is 12.6. The van der Waals surface area contributed by atoms with Crippen LogP contribution >= 0.6 is 0 Å². The number of hydrogen-bond donors (Lipinski definition) is 0. The summed E-state index contributed by atoms with van der Waals surface area (Å²) in [4.78, 5) is 1.95. The Balaban J connectivity index is 0.00000256. The monoisotopic (exact) mass is 412 g/mol. The van der Waals surface area contributed by atoms with Gasteiger partial charge in [-0.1, -0.05) is 110 Å². The van der Waals surface area contributed by atoms with E-state index in [9.17, 15) is 5.11 Å². The summed E-state index contributed by atoms with van der Waals surface area (Å²) in [7, 11) is 0. The second-order valence-electron chi connectivity index (χ2n) is 7.57. The van der Waals surface area contributed by atoms with Crippen LogP contribution in [0.4, 0.5) is 0 Å². The van der Waals surface area contributed by atoms with Gasteiger partial charge in [0, 0.05) is 0 Å². The second-order valence-corrected chi connectivity index (χ2v) is 7.57. The molecule has 0 aliphatic carbocycles. The first-order chi connectivity index (χ1) is 14.6. The van der Waals surface area contributed by atoms with E-state index in [0.29, 0.717) is 6.54 Å². The maximum Gasteiger partial charge on any atom is 1.00 e. The Morgan fingerprint density at radius 2 is 1.09 bits per heavy atom. The molecule has 0 heterocycles. The van der Waals surface area contributed by atoms with Crippen molar-refractivity contribution < 1.29 is 42.8 Å². The molecular weight excluding hydrogens is 382 g/mol. The topological polar surface area (TPSA) is 40.4 Å². The van der Waals surface area contributed by atoms with Crippen LogP contribution in [0.25, 0.3) is 5.32 Å². The molecule has 5 heteroatoms. The molecule has 0 radical (unpaired) electrons. The zero-order valence-electron chi connectivity index (χ0n) is 20.0. The van der Waals surface area contributed by atoms with E-state index in [0.717, 1.165) is 16.7 Å². The molecular formula is C27H30Li2N2O. The van der Waals surface area contributed by atoms with Crippen LogP contribution in [0, 0.1) is 0 Å². The third-order valence-corrected chi connectivity index (χ3v) is 5.58. The fraction of sp³-hybridized carbons (Fsp3) is 0.259. The van der Waals surface area contributed by atoms with Crippen molar-refractivity contribution in [3.8, 4) is 0 Å². The number of benzene rings is 3.